The minimum absolute atomic E-state index is 0.0634. The first-order valence-electron chi connectivity index (χ1n) is 8.65. The maximum atomic E-state index is 12.4. The molecule has 0 radical (unpaired) electrons. The number of hydrogen-bond acceptors (Lipinski definition) is 8. The second kappa shape index (κ2) is 8.84. The van der Waals surface area contributed by atoms with Gasteiger partial charge < -0.3 is 23.8 Å². The molecule has 29 heavy (non-hydrogen) atoms. The van der Waals surface area contributed by atoms with Crippen LogP contribution >= 0.6 is 0 Å². The Morgan fingerprint density at radius 3 is 2.48 bits per heavy atom. The van der Waals surface area contributed by atoms with Crippen molar-refractivity contribution in [2.45, 2.75) is 6.92 Å². The van der Waals surface area contributed by atoms with E-state index in [-0.39, 0.29) is 35.8 Å². The number of methoxy groups -OCH3 is 1. The molecule has 9 heteroatoms. The van der Waals surface area contributed by atoms with E-state index in [4.69, 9.17) is 23.8 Å². The number of rotatable bonds is 7. The van der Waals surface area contributed by atoms with Crippen molar-refractivity contribution in [3.8, 4) is 5.75 Å². The highest BCUT2D eigenvalue weighted by atomic mass is 16.8. The number of quaternary nitrogens is 1. The van der Waals surface area contributed by atoms with Gasteiger partial charge in [0.1, 0.15) is 29.3 Å². The van der Waals surface area contributed by atoms with Gasteiger partial charge in [-0.2, -0.15) is 5.23 Å². The Morgan fingerprint density at radius 1 is 1.10 bits per heavy atom. The first-order valence-corrected chi connectivity index (χ1v) is 8.65. The van der Waals surface area contributed by atoms with Crippen molar-refractivity contribution in [2.75, 3.05) is 20.3 Å². The molecule has 0 spiro atoms. The molecule has 0 aliphatic carbocycles. The van der Waals surface area contributed by atoms with Crippen LogP contribution in [0.25, 0.3) is 11.0 Å². The molecule has 2 N–H and O–H groups in total. The van der Waals surface area contributed by atoms with E-state index >= 15 is 0 Å². The topological polar surface area (TPSA) is 123 Å². The van der Waals surface area contributed by atoms with Gasteiger partial charge in [0.15, 0.2) is 5.69 Å². The van der Waals surface area contributed by atoms with Crippen LogP contribution in [-0.4, -0.2) is 37.5 Å². The molecule has 0 saturated heterocycles. The lowest BCUT2D eigenvalue weighted by Crippen LogP contribution is -2.99. The van der Waals surface area contributed by atoms with E-state index in [9.17, 15) is 14.8 Å². The van der Waals surface area contributed by atoms with Gasteiger partial charge >= 0.3 is 11.9 Å². The molecule has 1 atom stereocenters. The van der Waals surface area contributed by atoms with Crippen LogP contribution in [0.15, 0.2) is 46.9 Å². The van der Waals surface area contributed by atoms with E-state index in [0.717, 1.165) is 0 Å². The molecule has 3 rings (SSSR count). The lowest BCUT2D eigenvalue weighted by molar-refractivity contribution is -0.991. The number of hydrogen-bond donors (Lipinski definition) is 2. The Kier molecular flexibility index (Phi) is 6.25. The van der Waals surface area contributed by atoms with Crippen molar-refractivity contribution < 1.29 is 38.7 Å². The maximum absolute atomic E-state index is 12.4. The fraction of sp³-hybridized carbons (Fsp3) is 0.200. The van der Waals surface area contributed by atoms with Crippen LogP contribution in [0, 0.1) is 12.1 Å². The number of ether oxygens (including phenoxy) is 3. The number of aryl methyl sites for hydroxylation is 1. The Labute approximate surface area is 165 Å². The van der Waals surface area contributed by atoms with Gasteiger partial charge in [-0.15, -0.1) is 0 Å². The first-order chi connectivity index (χ1) is 13.9. The zero-order valence-electron chi connectivity index (χ0n) is 15.8. The summed E-state index contributed by atoms with van der Waals surface area (Å²) in [5, 5.41) is 19.2. The third kappa shape index (κ3) is 4.61. The molecule has 3 aromatic rings. The number of carbonyl (C=O) groups excluding carboxylic acids is 2. The summed E-state index contributed by atoms with van der Waals surface area (Å²) in [7, 11) is 1.50. The Bertz CT molecular complexity index is 1020. The second-order valence-electron chi connectivity index (χ2n) is 6.09. The van der Waals surface area contributed by atoms with Crippen molar-refractivity contribution in [3.05, 3.63) is 64.6 Å². The van der Waals surface area contributed by atoms with E-state index in [1.165, 1.54) is 43.5 Å². The van der Waals surface area contributed by atoms with Gasteiger partial charge in [-0.05, 0) is 37.3 Å². The fourth-order valence-corrected chi connectivity index (χ4v) is 2.72. The number of fused-ring (bicyclic) bond motifs is 1. The molecular formula is C20H19NO8. The fourth-order valence-electron chi connectivity index (χ4n) is 2.72. The third-order valence-electron chi connectivity index (χ3n) is 4.14. The van der Waals surface area contributed by atoms with E-state index in [0.29, 0.717) is 16.7 Å². The molecule has 152 valence electrons. The van der Waals surface area contributed by atoms with Crippen molar-refractivity contribution >= 4 is 28.6 Å². The Hall–Kier alpha value is -3.24. The van der Waals surface area contributed by atoms with E-state index in [1.54, 1.807) is 13.0 Å². The maximum Gasteiger partial charge on any atom is 0.343 e. The average Bonchev–Trinajstić information content (AvgIpc) is 3.03. The third-order valence-corrected chi connectivity index (χ3v) is 4.14. The highest BCUT2D eigenvalue weighted by molar-refractivity contribution is 6.05. The predicted octanol–water partition coefficient (Wildman–Crippen LogP) is 2.17. The van der Waals surface area contributed by atoms with Gasteiger partial charge in [0.25, 0.3) is 0 Å². The average molecular weight is 401 g/mol. The van der Waals surface area contributed by atoms with Crippen LogP contribution in [0.5, 0.6) is 5.75 Å². The normalized spacial score (nSPS) is 12.0. The summed E-state index contributed by atoms with van der Waals surface area (Å²) < 4.78 is 20.9. The molecule has 1 heterocycles. The van der Waals surface area contributed by atoms with Crippen LogP contribution in [0.4, 0.5) is 5.69 Å². The summed E-state index contributed by atoms with van der Waals surface area (Å²) >= 11 is 0. The smallest absolute Gasteiger partial charge is 0.343 e. The lowest BCUT2D eigenvalue weighted by atomic mass is 10.1. The summed E-state index contributed by atoms with van der Waals surface area (Å²) in [5.41, 5.74) is 0.956. The van der Waals surface area contributed by atoms with Crippen LogP contribution in [0.3, 0.4) is 0 Å². The van der Waals surface area contributed by atoms with Crippen LogP contribution in [0.1, 0.15) is 26.5 Å². The number of furan rings is 1. The highest BCUT2D eigenvalue weighted by Crippen LogP contribution is 2.30. The zero-order chi connectivity index (χ0) is 21.0. The van der Waals surface area contributed by atoms with Crippen molar-refractivity contribution in [3.63, 3.8) is 0 Å². The second-order valence-corrected chi connectivity index (χ2v) is 6.09. The zero-order valence-corrected chi connectivity index (χ0v) is 15.8. The van der Waals surface area contributed by atoms with Crippen LogP contribution < -0.4 is 9.96 Å². The Morgan fingerprint density at radius 2 is 1.83 bits per heavy atom. The number of carbonyl (C=O) groups is 2. The van der Waals surface area contributed by atoms with Gasteiger partial charge in [0, 0.05) is 24.6 Å². The molecule has 9 nitrogen and oxygen atoms in total. The van der Waals surface area contributed by atoms with Crippen LogP contribution in [0.2, 0.25) is 0 Å². The summed E-state index contributed by atoms with van der Waals surface area (Å²) in [6.07, 6.45) is 0. The monoisotopic (exact) mass is 401 g/mol. The SMILES string of the molecule is COCCOC(=O)c1c(C)oc2ccc(OC(=O)c3ccc([NH+]([O-])O)cc3)cc12. The summed E-state index contributed by atoms with van der Waals surface area (Å²) in [4.78, 5) is 24.7. The lowest BCUT2D eigenvalue weighted by Gasteiger charge is -2.11. The largest absolute Gasteiger partial charge is 0.595 e. The number of nitrogens with one attached hydrogen (secondary N) is 1. The van der Waals surface area contributed by atoms with Crippen LogP contribution in [-0.2, 0) is 9.47 Å². The molecule has 2 aromatic carbocycles. The summed E-state index contributed by atoms with van der Waals surface area (Å²) in [5.74, 6) is -0.636. The van der Waals surface area contributed by atoms with Crippen molar-refractivity contribution in [1.29, 1.82) is 0 Å². The quantitative estimate of drug-likeness (QED) is 0.267. The molecule has 0 aliphatic rings. The van der Waals surface area contributed by atoms with E-state index in [1.807, 2.05) is 0 Å². The molecule has 0 aliphatic heterocycles. The van der Waals surface area contributed by atoms with E-state index < -0.39 is 17.2 Å². The summed E-state index contributed by atoms with van der Waals surface area (Å²) in [6, 6.07) is 10.0. The molecule has 0 bridgehead atoms. The highest BCUT2D eigenvalue weighted by Gasteiger charge is 2.21. The van der Waals surface area contributed by atoms with Gasteiger partial charge in [-0.3, -0.25) is 0 Å². The predicted molar refractivity (Wildman–Crippen MR) is 100 cm³/mol. The minimum Gasteiger partial charge on any atom is -0.595 e. The molecular weight excluding hydrogens is 382 g/mol. The Balaban J connectivity index is 1.82. The number of benzene rings is 2. The van der Waals surface area contributed by atoms with Gasteiger partial charge in [-0.25, -0.2) is 14.8 Å². The number of esters is 2. The standard InChI is InChI=1S/C20H19NO8/c1-12-18(20(23)27-10-9-26-2)16-11-15(7-8-17(16)28-12)29-19(22)13-3-5-14(6-4-13)21(24)25/h3-8,11,21,24H,9-10H2,1-2H3. The van der Waals surface area contributed by atoms with Gasteiger partial charge in [0.05, 0.1) is 12.2 Å². The minimum atomic E-state index is -1.09. The summed E-state index contributed by atoms with van der Waals surface area (Å²) in [6.45, 7) is 2.01. The molecule has 1 unspecified atom stereocenters. The molecule has 0 saturated carbocycles. The van der Waals surface area contributed by atoms with Gasteiger partial charge in [0.2, 0.25) is 0 Å². The van der Waals surface area contributed by atoms with Crippen molar-refractivity contribution in [1.82, 2.24) is 0 Å². The molecule has 1 aromatic heterocycles. The first kappa shape index (κ1) is 20.5. The van der Waals surface area contributed by atoms with E-state index in [2.05, 4.69) is 0 Å². The molecule has 0 amide bonds. The molecule has 0 fully saturated rings. The van der Waals surface area contributed by atoms with Crippen molar-refractivity contribution in [2.24, 2.45) is 0 Å². The van der Waals surface area contributed by atoms with Gasteiger partial charge in [-0.1, -0.05) is 0 Å².